The molecular formula is C9H14KN2O9P. The first-order chi connectivity index (χ1) is 9.69. The van der Waals surface area contributed by atoms with Gasteiger partial charge >= 0.3 is 64.9 Å². The fourth-order valence-corrected chi connectivity index (χ4v) is 2.24. The van der Waals surface area contributed by atoms with E-state index in [-0.39, 0.29) is 51.4 Å². The molecule has 22 heavy (non-hydrogen) atoms. The number of rotatable bonds is 4. The van der Waals surface area contributed by atoms with Crippen LogP contribution in [0.15, 0.2) is 21.9 Å². The van der Waals surface area contributed by atoms with Crippen LogP contribution in [0.1, 0.15) is 6.23 Å². The topological polar surface area (TPSA) is 171 Å². The molecule has 1 aromatic heterocycles. The molecule has 1 fully saturated rings. The molecule has 0 aliphatic carbocycles. The van der Waals surface area contributed by atoms with E-state index in [0.717, 1.165) is 16.8 Å². The van der Waals surface area contributed by atoms with Crippen molar-refractivity contribution in [2.45, 2.75) is 24.5 Å². The van der Waals surface area contributed by atoms with E-state index in [0.29, 0.717) is 0 Å². The van der Waals surface area contributed by atoms with E-state index in [2.05, 4.69) is 4.52 Å². The number of phosphoric ester groups is 1. The predicted molar refractivity (Wildman–Crippen MR) is 72.4 cm³/mol. The maximum absolute atomic E-state index is 11.6. The molecule has 1 aromatic rings. The van der Waals surface area contributed by atoms with Crippen LogP contribution in [0.3, 0.4) is 0 Å². The van der Waals surface area contributed by atoms with Gasteiger partial charge in [0, 0.05) is 12.3 Å². The van der Waals surface area contributed by atoms with E-state index in [9.17, 15) is 24.4 Å². The van der Waals surface area contributed by atoms with Crippen molar-refractivity contribution in [1.82, 2.24) is 9.55 Å². The molecule has 0 aromatic carbocycles. The number of nitrogens with zero attached hydrogens (tertiary/aromatic N) is 1. The first kappa shape index (κ1) is 20.4. The van der Waals surface area contributed by atoms with Crippen molar-refractivity contribution < 1.29 is 33.8 Å². The van der Waals surface area contributed by atoms with Crippen LogP contribution < -0.4 is 11.2 Å². The zero-order valence-electron chi connectivity index (χ0n) is 10.4. The van der Waals surface area contributed by atoms with Gasteiger partial charge in [-0.1, -0.05) is 0 Å². The van der Waals surface area contributed by atoms with Gasteiger partial charge in [0.25, 0.3) is 5.56 Å². The van der Waals surface area contributed by atoms with Crippen molar-refractivity contribution >= 4 is 59.2 Å². The van der Waals surface area contributed by atoms with Crippen molar-refractivity contribution in [3.8, 4) is 0 Å². The molecule has 0 saturated carbocycles. The summed E-state index contributed by atoms with van der Waals surface area (Å²) >= 11 is 0. The van der Waals surface area contributed by atoms with E-state index in [1.54, 1.807) is 0 Å². The number of aliphatic hydroxyl groups excluding tert-OH is 2. The van der Waals surface area contributed by atoms with Crippen LogP contribution >= 0.6 is 7.82 Å². The van der Waals surface area contributed by atoms with Crippen molar-refractivity contribution in [2.75, 3.05) is 6.61 Å². The van der Waals surface area contributed by atoms with Gasteiger partial charge in [0.2, 0.25) is 0 Å². The molecule has 2 rings (SSSR count). The van der Waals surface area contributed by atoms with Crippen molar-refractivity contribution in [3.63, 3.8) is 0 Å². The monoisotopic (exact) mass is 364 g/mol. The second-order valence-corrected chi connectivity index (χ2v) is 5.59. The number of aromatic nitrogens is 2. The molecule has 0 bridgehead atoms. The average molecular weight is 364 g/mol. The summed E-state index contributed by atoms with van der Waals surface area (Å²) in [5.41, 5.74) is -1.51. The van der Waals surface area contributed by atoms with E-state index in [4.69, 9.17) is 14.5 Å². The van der Waals surface area contributed by atoms with E-state index in [1.807, 2.05) is 4.98 Å². The molecule has 120 valence electrons. The number of H-pyrrole nitrogens is 1. The van der Waals surface area contributed by atoms with Gasteiger partial charge in [0.15, 0.2) is 6.23 Å². The van der Waals surface area contributed by atoms with Crippen LogP contribution in [0.2, 0.25) is 0 Å². The maximum atomic E-state index is 11.6. The molecule has 0 unspecified atom stereocenters. The third kappa shape index (κ3) is 4.90. The fourth-order valence-electron chi connectivity index (χ4n) is 1.89. The van der Waals surface area contributed by atoms with Crippen LogP contribution in [0.4, 0.5) is 0 Å². The van der Waals surface area contributed by atoms with Gasteiger partial charge in [0.05, 0.1) is 6.61 Å². The molecule has 5 N–H and O–H groups in total. The van der Waals surface area contributed by atoms with Crippen molar-refractivity contribution in [2.24, 2.45) is 0 Å². The van der Waals surface area contributed by atoms with Crippen molar-refractivity contribution in [3.05, 3.63) is 33.1 Å². The molecule has 1 saturated heterocycles. The predicted octanol–water partition coefficient (Wildman–Crippen LogP) is -3.38. The Morgan fingerprint density at radius 2 is 1.95 bits per heavy atom. The zero-order valence-corrected chi connectivity index (χ0v) is 11.3. The Hall–Kier alpha value is 0.306. The first-order valence-electron chi connectivity index (χ1n) is 5.72. The van der Waals surface area contributed by atoms with E-state index in [1.165, 1.54) is 0 Å². The Labute approximate surface area is 165 Å². The third-order valence-electron chi connectivity index (χ3n) is 2.87. The molecule has 2 heterocycles. The third-order valence-corrected chi connectivity index (χ3v) is 3.35. The number of nitrogens with one attached hydrogen (secondary N) is 1. The summed E-state index contributed by atoms with van der Waals surface area (Å²) < 4.78 is 20.8. The first-order valence-corrected chi connectivity index (χ1v) is 7.25. The summed E-state index contributed by atoms with van der Waals surface area (Å²) in [4.78, 5) is 41.6. The Bertz CT molecular complexity index is 670. The minimum atomic E-state index is -4.76. The molecule has 0 spiro atoms. The molecule has 0 radical (unpaired) electrons. The standard InChI is InChI=1S/C9H13N2O9P.K.H/c12-5-1-2-11(9(15)10-5)8-7(14)6(13)4(20-8)3-19-21(16,17)18;;/h1-2,4,6-8,13-14H,3H2,(H,10,12,15)(H2,16,17,18);;/t4-,6-,7-,8-;;/m1../s1. The van der Waals surface area contributed by atoms with E-state index < -0.39 is 50.2 Å². The van der Waals surface area contributed by atoms with Crippen LogP contribution in [0, 0.1) is 0 Å². The van der Waals surface area contributed by atoms with Gasteiger partial charge < -0.3 is 24.7 Å². The number of aliphatic hydroxyl groups is 2. The second-order valence-electron chi connectivity index (χ2n) is 4.35. The summed E-state index contributed by atoms with van der Waals surface area (Å²) in [5, 5.41) is 19.6. The molecule has 0 amide bonds. The normalized spacial score (nSPS) is 28.4. The van der Waals surface area contributed by atoms with Gasteiger partial charge in [-0.15, -0.1) is 0 Å². The summed E-state index contributed by atoms with van der Waals surface area (Å²) in [6.45, 7) is -0.683. The minimum absolute atomic E-state index is 0. The number of ether oxygens (including phenoxy) is 1. The van der Waals surface area contributed by atoms with Crippen LogP contribution in [-0.2, 0) is 13.8 Å². The SMILES string of the molecule is O=c1ccn([C@@H]2O[C@H](COP(=O)(O)O)[C@@H](O)[C@H]2O)c(=O)[nH]1.[KH]. The Balaban J connectivity index is 0.00000242. The molecule has 11 nitrogen and oxygen atoms in total. The number of phosphoric acid groups is 1. The van der Waals surface area contributed by atoms with Crippen LogP contribution in [0.5, 0.6) is 0 Å². The van der Waals surface area contributed by atoms with E-state index >= 15 is 0 Å². The van der Waals surface area contributed by atoms with Gasteiger partial charge in [-0.25, -0.2) is 9.36 Å². The molecule has 13 heteroatoms. The number of hydrogen-bond acceptors (Lipinski definition) is 7. The van der Waals surface area contributed by atoms with Crippen LogP contribution in [-0.4, -0.2) is 106 Å². The quantitative estimate of drug-likeness (QED) is 0.270. The van der Waals surface area contributed by atoms with Crippen LogP contribution in [0.25, 0.3) is 0 Å². The number of hydrogen-bond donors (Lipinski definition) is 5. The van der Waals surface area contributed by atoms with Crippen molar-refractivity contribution in [1.29, 1.82) is 0 Å². The zero-order chi connectivity index (χ0) is 15.8. The second kappa shape index (κ2) is 7.92. The van der Waals surface area contributed by atoms with Gasteiger partial charge in [-0.05, 0) is 0 Å². The Kier molecular flexibility index (Phi) is 7.33. The van der Waals surface area contributed by atoms with Gasteiger partial charge in [-0.3, -0.25) is 18.9 Å². The molecule has 1 aliphatic heterocycles. The average Bonchev–Trinajstić information content (AvgIpc) is 2.64. The summed E-state index contributed by atoms with van der Waals surface area (Å²) in [6.07, 6.45) is -4.58. The van der Waals surface area contributed by atoms with Gasteiger partial charge in [0.1, 0.15) is 18.3 Å². The Morgan fingerprint density at radius 1 is 1.32 bits per heavy atom. The Morgan fingerprint density at radius 3 is 2.50 bits per heavy atom. The number of aromatic amines is 1. The molecule has 1 aliphatic rings. The summed E-state index contributed by atoms with van der Waals surface area (Å²) in [6, 6.07) is 1.02. The summed E-state index contributed by atoms with van der Waals surface area (Å²) in [5.74, 6) is 0. The van der Waals surface area contributed by atoms with Gasteiger partial charge in [-0.2, -0.15) is 0 Å². The molecular weight excluding hydrogens is 350 g/mol. The molecule has 4 atom stereocenters. The summed E-state index contributed by atoms with van der Waals surface area (Å²) in [7, 11) is -4.76. The fraction of sp³-hybridized carbons (Fsp3) is 0.556.